The summed E-state index contributed by atoms with van der Waals surface area (Å²) in [5.74, 6) is -0.531. The van der Waals surface area contributed by atoms with E-state index in [9.17, 15) is 18.0 Å². The third kappa shape index (κ3) is 4.15. The molecule has 3 N–H and O–H groups in total. The molecule has 0 bridgehead atoms. The molecule has 0 atom stereocenters. The molecule has 0 aliphatic carbocycles. The zero-order valence-corrected chi connectivity index (χ0v) is 11.8. The number of nitrogen functional groups attached to an aromatic ring is 1. The average Bonchev–Trinajstić information content (AvgIpc) is 2.35. The lowest BCUT2D eigenvalue weighted by Crippen LogP contribution is -2.33. The molecule has 0 saturated heterocycles. The van der Waals surface area contributed by atoms with Crippen molar-refractivity contribution in [2.75, 3.05) is 12.3 Å². The van der Waals surface area contributed by atoms with Crippen LogP contribution in [0.15, 0.2) is 18.2 Å². The second-order valence-electron chi connectivity index (χ2n) is 5.50. The first-order valence-electron chi connectivity index (χ1n) is 6.32. The van der Waals surface area contributed by atoms with Gasteiger partial charge in [-0.15, -0.1) is 0 Å². The topological polar surface area (TPSA) is 55.1 Å². The largest absolute Gasteiger partial charge is 0.418 e. The van der Waals surface area contributed by atoms with E-state index >= 15 is 0 Å². The molecular formula is C14H19F3N2O. The third-order valence-electron chi connectivity index (χ3n) is 3.31. The number of carbonyl (C=O) groups excluding carboxylic acids is 1. The number of rotatable bonds is 4. The highest BCUT2D eigenvalue weighted by molar-refractivity contribution is 5.94. The lowest BCUT2D eigenvalue weighted by molar-refractivity contribution is -0.136. The first-order valence-corrected chi connectivity index (χ1v) is 6.32. The molecule has 1 rings (SSSR count). The van der Waals surface area contributed by atoms with E-state index in [1.54, 1.807) is 0 Å². The van der Waals surface area contributed by atoms with Crippen molar-refractivity contribution in [1.82, 2.24) is 5.32 Å². The van der Waals surface area contributed by atoms with Crippen LogP contribution in [0, 0.1) is 5.41 Å². The van der Waals surface area contributed by atoms with E-state index in [2.05, 4.69) is 5.32 Å². The van der Waals surface area contributed by atoms with Gasteiger partial charge in [0.25, 0.3) is 5.91 Å². The maximum atomic E-state index is 12.7. The van der Waals surface area contributed by atoms with Gasteiger partial charge in [-0.3, -0.25) is 4.79 Å². The fourth-order valence-electron chi connectivity index (χ4n) is 1.49. The zero-order chi connectivity index (χ0) is 15.6. The van der Waals surface area contributed by atoms with Crippen molar-refractivity contribution < 1.29 is 18.0 Å². The summed E-state index contributed by atoms with van der Waals surface area (Å²) in [5, 5.41) is 2.64. The van der Waals surface area contributed by atoms with Gasteiger partial charge in [0.15, 0.2) is 0 Å². The first-order chi connectivity index (χ1) is 9.07. The second kappa shape index (κ2) is 5.73. The monoisotopic (exact) mass is 288 g/mol. The van der Waals surface area contributed by atoms with Gasteiger partial charge in [0, 0.05) is 17.8 Å². The Labute approximate surface area is 116 Å². The number of amides is 1. The molecule has 0 aliphatic rings. The molecule has 0 spiro atoms. The van der Waals surface area contributed by atoms with Crippen molar-refractivity contribution in [3.05, 3.63) is 29.3 Å². The Kier molecular flexibility index (Phi) is 4.68. The summed E-state index contributed by atoms with van der Waals surface area (Å²) in [4.78, 5) is 11.9. The summed E-state index contributed by atoms with van der Waals surface area (Å²) >= 11 is 0. The molecule has 0 radical (unpaired) electrons. The lowest BCUT2D eigenvalue weighted by Gasteiger charge is -2.23. The van der Waals surface area contributed by atoms with Crippen LogP contribution < -0.4 is 11.1 Å². The Morgan fingerprint density at radius 1 is 1.30 bits per heavy atom. The highest BCUT2D eigenvalue weighted by Gasteiger charge is 2.33. The molecule has 1 amide bonds. The summed E-state index contributed by atoms with van der Waals surface area (Å²) in [5.41, 5.74) is 3.77. The van der Waals surface area contributed by atoms with Gasteiger partial charge in [0.1, 0.15) is 0 Å². The molecule has 0 aromatic heterocycles. The van der Waals surface area contributed by atoms with Crippen LogP contribution in [-0.4, -0.2) is 12.5 Å². The van der Waals surface area contributed by atoms with Crippen molar-refractivity contribution >= 4 is 11.6 Å². The van der Waals surface area contributed by atoms with Gasteiger partial charge in [-0.25, -0.2) is 0 Å². The summed E-state index contributed by atoms with van der Waals surface area (Å²) in [6.07, 6.45) is -3.72. The Morgan fingerprint density at radius 3 is 2.40 bits per heavy atom. The highest BCUT2D eigenvalue weighted by Crippen LogP contribution is 2.34. The van der Waals surface area contributed by atoms with Gasteiger partial charge >= 0.3 is 6.18 Å². The first kappa shape index (κ1) is 16.3. The Hall–Kier alpha value is -1.72. The number of carbonyl (C=O) groups is 1. The van der Waals surface area contributed by atoms with Crippen LogP contribution in [0.25, 0.3) is 0 Å². The maximum absolute atomic E-state index is 12.7. The van der Waals surface area contributed by atoms with Crippen molar-refractivity contribution in [2.24, 2.45) is 5.41 Å². The Morgan fingerprint density at radius 2 is 1.90 bits per heavy atom. The smallest absolute Gasteiger partial charge is 0.398 e. The number of nitrogens with two attached hydrogens (primary N) is 1. The van der Waals surface area contributed by atoms with Crippen molar-refractivity contribution in [3.8, 4) is 0 Å². The predicted octanol–water partition coefficient (Wildman–Crippen LogP) is 3.45. The Bertz CT molecular complexity index is 496. The molecule has 0 fully saturated rings. The standard InChI is InChI=1S/C14H19F3N2O/c1-4-13(2,3)8-19-12(20)9-5-6-11(18)10(7-9)14(15,16)17/h5-7H,4,8,18H2,1-3H3,(H,19,20). The average molecular weight is 288 g/mol. The third-order valence-corrected chi connectivity index (χ3v) is 3.31. The summed E-state index contributed by atoms with van der Waals surface area (Å²) in [7, 11) is 0. The van der Waals surface area contributed by atoms with Gasteiger partial charge in [-0.2, -0.15) is 13.2 Å². The van der Waals surface area contributed by atoms with Crippen molar-refractivity contribution in [3.63, 3.8) is 0 Å². The van der Waals surface area contributed by atoms with E-state index < -0.39 is 17.6 Å². The predicted molar refractivity (Wildman–Crippen MR) is 72.3 cm³/mol. The molecule has 6 heteroatoms. The molecular weight excluding hydrogens is 269 g/mol. The van der Waals surface area contributed by atoms with Crippen LogP contribution in [0.4, 0.5) is 18.9 Å². The maximum Gasteiger partial charge on any atom is 0.418 e. The SMILES string of the molecule is CCC(C)(C)CNC(=O)c1ccc(N)c(C(F)(F)F)c1. The van der Waals surface area contributed by atoms with Crippen LogP contribution in [0.2, 0.25) is 0 Å². The normalized spacial score (nSPS) is 12.3. The minimum absolute atomic E-state index is 0.0431. The number of benzene rings is 1. The number of hydrogen-bond donors (Lipinski definition) is 2. The number of alkyl halides is 3. The number of nitrogens with one attached hydrogen (secondary N) is 1. The van der Waals surface area contributed by atoms with Gasteiger partial charge in [0.2, 0.25) is 0 Å². The lowest BCUT2D eigenvalue weighted by atomic mass is 9.90. The highest BCUT2D eigenvalue weighted by atomic mass is 19.4. The van der Waals surface area contributed by atoms with Crippen LogP contribution >= 0.6 is 0 Å². The number of anilines is 1. The molecule has 20 heavy (non-hydrogen) atoms. The van der Waals surface area contributed by atoms with Gasteiger partial charge in [-0.1, -0.05) is 20.8 Å². The minimum Gasteiger partial charge on any atom is -0.398 e. The molecule has 0 aliphatic heterocycles. The van der Waals surface area contributed by atoms with Crippen LogP contribution in [-0.2, 0) is 6.18 Å². The summed E-state index contributed by atoms with van der Waals surface area (Å²) in [6.45, 7) is 6.32. The Balaban J connectivity index is 2.90. The van der Waals surface area contributed by atoms with Crippen LogP contribution in [0.3, 0.4) is 0 Å². The summed E-state index contributed by atoms with van der Waals surface area (Å²) < 4.78 is 38.1. The molecule has 0 saturated carbocycles. The fraction of sp³-hybridized carbons (Fsp3) is 0.500. The van der Waals surface area contributed by atoms with Crippen molar-refractivity contribution in [2.45, 2.75) is 33.4 Å². The zero-order valence-electron chi connectivity index (χ0n) is 11.8. The molecule has 0 unspecified atom stereocenters. The van der Waals surface area contributed by atoms with E-state index in [0.29, 0.717) is 6.54 Å². The number of hydrogen-bond acceptors (Lipinski definition) is 2. The second-order valence-corrected chi connectivity index (χ2v) is 5.50. The van der Waals surface area contributed by atoms with E-state index in [0.717, 1.165) is 18.6 Å². The number of halogens is 3. The van der Waals surface area contributed by atoms with Crippen LogP contribution in [0.1, 0.15) is 43.1 Å². The van der Waals surface area contributed by atoms with Gasteiger partial charge in [-0.05, 0) is 30.0 Å². The molecule has 0 heterocycles. The van der Waals surface area contributed by atoms with E-state index in [1.807, 2.05) is 20.8 Å². The molecule has 112 valence electrons. The molecule has 1 aromatic carbocycles. The van der Waals surface area contributed by atoms with Gasteiger partial charge < -0.3 is 11.1 Å². The quantitative estimate of drug-likeness (QED) is 0.834. The minimum atomic E-state index is -4.57. The van der Waals surface area contributed by atoms with E-state index in [-0.39, 0.29) is 16.7 Å². The van der Waals surface area contributed by atoms with Crippen molar-refractivity contribution in [1.29, 1.82) is 0 Å². The van der Waals surface area contributed by atoms with Crippen LogP contribution in [0.5, 0.6) is 0 Å². The molecule has 1 aromatic rings. The summed E-state index contributed by atoms with van der Waals surface area (Å²) in [6, 6.07) is 3.17. The molecule has 3 nitrogen and oxygen atoms in total. The van der Waals surface area contributed by atoms with E-state index in [4.69, 9.17) is 5.73 Å². The fourth-order valence-corrected chi connectivity index (χ4v) is 1.49. The van der Waals surface area contributed by atoms with E-state index in [1.165, 1.54) is 6.07 Å². The van der Waals surface area contributed by atoms with Gasteiger partial charge in [0.05, 0.1) is 5.56 Å².